The molecule has 0 saturated carbocycles. The van der Waals surface area contributed by atoms with Crippen LogP contribution in [-0.4, -0.2) is 16.3 Å². The zero-order valence-corrected chi connectivity index (χ0v) is 8.55. The van der Waals surface area contributed by atoms with Crippen LogP contribution >= 0.6 is 0 Å². The molecule has 0 amide bonds. The number of nitrogens with one attached hydrogen (secondary N) is 1. The van der Waals surface area contributed by atoms with Crippen molar-refractivity contribution >= 4 is 0 Å². The lowest BCUT2D eigenvalue weighted by Gasteiger charge is -2.12. The van der Waals surface area contributed by atoms with Gasteiger partial charge in [0.15, 0.2) is 0 Å². The number of hydrogen-bond acceptors (Lipinski definition) is 2. The Morgan fingerprint density at radius 2 is 2.14 bits per heavy atom. The van der Waals surface area contributed by atoms with Crippen molar-refractivity contribution in [2.45, 2.75) is 45.2 Å². The molecule has 0 fully saturated rings. The Hall–Kier alpha value is -0.830. The average Bonchev–Trinajstić information content (AvgIpc) is 2.42. The average molecular weight is 191 g/mol. The van der Waals surface area contributed by atoms with Gasteiger partial charge < -0.3 is 5.32 Å². The van der Waals surface area contributed by atoms with Crippen molar-refractivity contribution < 1.29 is 0 Å². The fraction of sp³-hybridized carbons (Fsp3) is 0.727. The Morgan fingerprint density at radius 3 is 3.14 bits per heavy atom. The topological polar surface area (TPSA) is 29.9 Å². The summed E-state index contributed by atoms with van der Waals surface area (Å²) >= 11 is 0. The molecule has 0 spiro atoms. The fourth-order valence-electron chi connectivity index (χ4n) is 2.61. The molecule has 2 aliphatic rings. The third-order valence-electron chi connectivity index (χ3n) is 3.37. The van der Waals surface area contributed by atoms with Gasteiger partial charge in [0, 0.05) is 37.3 Å². The van der Waals surface area contributed by atoms with E-state index in [0.717, 1.165) is 26.1 Å². The smallest absolute Gasteiger partial charge is 0.0685 e. The van der Waals surface area contributed by atoms with E-state index in [-0.39, 0.29) is 0 Å². The number of nitrogens with zero attached hydrogens (tertiary/aromatic N) is 2. The predicted octanol–water partition coefficient (Wildman–Crippen LogP) is 1.26. The fourth-order valence-corrected chi connectivity index (χ4v) is 2.61. The summed E-state index contributed by atoms with van der Waals surface area (Å²) in [6, 6.07) is 0. The number of aromatic nitrogens is 2. The molecule has 0 unspecified atom stereocenters. The lowest BCUT2D eigenvalue weighted by atomic mass is 10.0. The maximum Gasteiger partial charge on any atom is 0.0685 e. The van der Waals surface area contributed by atoms with Crippen LogP contribution in [0.3, 0.4) is 0 Å². The van der Waals surface area contributed by atoms with Crippen LogP contribution in [0.15, 0.2) is 0 Å². The summed E-state index contributed by atoms with van der Waals surface area (Å²) in [6.45, 7) is 3.29. The Balaban J connectivity index is 2.04. The minimum atomic E-state index is 1.05. The Kier molecular flexibility index (Phi) is 2.05. The van der Waals surface area contributed by atoms with Crippen molar-refractivity contribution in [2.75, 3.05) is 6.54 Å². The molecule has 1 aromatic heterocycles. The van der Waals surface area contributed by atoms with E-state index < -0.39 is 0 Å². The second-order valence-corrected chi connectivity index (χ2v) is 4.33. The van der Waals surface area contributed by atoms with Crippen molar-refractivity contribution in [3.63, 3.8) is 0 Å². The summed E-state index contributed by atoms with van der Waals surface area (Å²) in [6.07, 6.45) is 6.38. The molecule has 0 aromatic carbocycles. The van der Waals surface area contributed by atoms with Gasteiger partial charge in [-0.3, -0.25) is 4.68 Å². The van der Waals surface area contributed by atoms with Gasteiger partial charge in [-0.1, -0.05) is 6.42 Å². The highest BCUT2D eigenvalue weighted by Gasteiger charge is 2.20. The lowest BCUT2D eigenvalue weighted by Crippen LogP contribution is -2.23. The molecule has 0 saturated heterocycles. The molecule has 14 heavy (non-hydrogen) atoms. The summed E-state index contributed by atoms with van der Waals surface area (Å²) in [5, 5.41) is 8.17. The van der Waals surface area contributed by atoms with Crippen LogP contribution in [0.4, 0.5) is 0 Å². The Labute approximate surface area is 84.5 Å². The maximum absolute atomic E-state index is 4.73. The Bertz CT molecular complexity index is 341. The molecule has 3 heterocycles. The first-order valence-corrected chi connectivity index (χ1v) is 5.73. The first-order chi connectivity index (χ1) is 6.95. The number of aryl methyl sites for hydroxylation is 1. The van der Waals surface area contributed by atoms with Crippen LogP contribution in [0.2, 0.25) is 0 Å². The van der Waals surface area contributed by atoms with Gasteiger partial charge in [-0.05, 0) is 19.3 Å². The molecule has 2 aliphatic heterocycles. The van der Waals surface area contributed by atoms with E-state index >= 15 is 0 Å². The van der Waals surface area contributed by atoms with Crippen LogP contribution in [0.1, 0.15) is 36.2 Å². The molecule has 1 N–H and O–H groups in total. The Morgan fingerprint density at radius 1 is 1.14 bits per heavy atom. The molecule has 0 atom stereocenters. The molecule has 1 aromatic rings. The first kappa shape index (κ1) is 8.48. The summed E-state index contributed by atoms with van der Waals surface area (Å²) in [4.78, 5) is 0. The number of fused-ring (bicyclic) bond motifs is 3. The van der Waals surface area contributed by atoms with E-state index in [1.807, 2.05) is 0 Å². The van der Waals surface area contributed by atoms with Gasteiger partial charge >= 0.3 is 0 Å². The highest BCUT2D eigenvalue weighted by atomic mass is 15.3. The lowest BCUT2D eigenvalue weighted by molar-refractivity contribution is 0.566. The van der Waals surface area contributed by atoms with E-state index in [2.05, 4.69) is 10.00 Å². The molecular formula is C11H17N3. The molecule has 0 radical (unpaired) electrons. The predicted molar refractivity (Wildman–Crippen MR) is 55.2 cm³/mol. The van der Waals surface area contributed by atoms with Gasteiger partial charge in [0.25, 0.3) is 0 Å². The van der Waals surface area contributed by atoms with Crippen LogP contribution < -0.4 is 5.32 Å². The van der Waals surface area contributed by atoms with E-state index in [0.29, 0.717) is 0 Å². The zero-order chi connectivity index (χ0) is 9.38. The molecule has 3 heteroatoms. The van der Waals surface area contributed by atoms with Gasteiger partial charge in [0.2, 0.25) is 0 Å². The van der Waals surface area contributed by atoms with Crippen LogP contribution in [-0.2, 0) is 25.9 Å². The van der Waals surface area contributed by atoms with Crippen LogP contribution in [0.25, 0.3) is 0 Å². The number of rotatable bonds is 0. The molecular weight excluding hydrogens is 174 g/mol. The monoisotopic (exact) mass is 191 g/mol. The van der Waals surface area contributed by atoms with Crippen molar-refractivity contribution in [3.8, 4) is 0 Å². The third kappa shape index (κ3) is 1.27. The molecule has 3 nitrogen and oxygen atoms in total. The van der Waals surface area contributed by atoms with Crippen LogP contribution in [0, 0.1) is 0 Å². The number of hydrogen-bond donors (Lipinski definition) is 1. The van der Waals surface area contributed by atoms with Crippen molar-refractivity contribution in [1.82, 2.24) is 15.1 Å². The van der Waals surface area contributed by atoms with E-state index in [4.69, 9.17) is 5.10 Å². The van der Waals surface area contributed by atoms with E-state index in [9.17, 15) is 0 Å². The van der Waals surface area contributed by atoms with Gasteiger partial charge in [-0.2, -0.15) is 5.10 Å². The van der Waals surface area contributed by atoms with E-state index in [1.54, 1.807) is 0 Å². The molecule has 0 bridgehead atoms. The van der Waals surface area contributed by atoms with Crippen molar-refractivity contribution in [1.29, 1.82) is 0 Å². The summed E-state index contributed by atoms with van der Waals surface area (Å²) in [7, 11) is 0. The van der Waals surface area contributed by atoms with Crippen LogP contribution in [0.5, 0.6) is 0 Å². The quantitative estimate of drug-likeness (QED) is 0.669. The standard InChI is InChI=1S/C11H17N3/c1-2-4-11-9-8-12-6-5-10(9)13-14(11)7-3-1/h12H,1-8H2. The molecule has 0 aliphatic carbocycles. The minimum absolute atomic E-state index is 1.05. The summed E-state index contributed by atoms with van der Waals surface area (Å²) in [5.74, 6) is 0. The van der Waals surface area contributed by atoms with Crippen molar-refractivity contribution in [3.05, 3.63) is 17.0 Å². The molecule has 76 valence electrons. The van der Waals surface area contributed by atoms with Gasteiger partial charge in [0.05, 0.1) is 5.69 Å². The van der Waals surface area contributed by atoms with E-state index in [1.165, 1.54) is 42.6 Å². The minimum Gasteiger partial charge on any atom is -0.312 e. The largest absolute Gasteiger partial charge is 0.312 e. The van der Waals surface area contributed by atoms with Crippen molar-refractivity contribution in [2.24, 2.45) is 0 Å². The highest BCUT2D eigenvalue weighted by Crippen LogP contribution is 2.23. The highest BCUT2D eigenvalue weighted by molar-refractivity contribution is 5.29. The first-order valence-electron chi connectivity index (χ1n) is 5.73. The van der Waals surface area contributed by atoms with Gasteiger partial charge in [-0.25, -0.2) is 0 Å². The van der Waals surface area contributed by atoms with Gasteiger partial charge in [0.1, 0.15) is 0 Å². The second-order valence-electron chi connectivity index (χ2n) is 4.33. The summed E-state index contributed by atoms with van der Waals surface area (Å²) < 4.78 is 2.27. The normalized spacial score (nSPS) is 21.1. The third-order valence-corrected chi connectivity index (χ3v) is 3.37. The zero-order valence-electron chi connectivity index (χ0n) is 8.55. The SMILES string of the molecule is C1CCc2c3c(nn2CC1)CCNC3. The maximum atomic E-state index is 4.73. The molecule has 3 rings (SSSR count). The second kappa shape index (κ2) is 3.39. The summed E-state index contributed by atoms with van der Waals surface area (Å²) in [5.41, 5.74) is 4.39. The van der Waals surface area contributed by atoms with Gasteiger partial charge in [-0.15, -0.1) is 0 Å².